The molecular formula is C64H124O6. The second-order valence-electron chi connectivity index (χ2n) is 23.0. The third-order valence-corrected chi connectivity index (χ3v) is 15.4. The molecule has 0 aliphatic carbocycles. The van der Waals surface area contributed by atoms with Gasteiger partial charge in [0.1, 0.15) is 13.2 Å². The average Bonchev–Trinajstić information content (AvgIpc) is 3.35. The average molecular weight is 990 g/mol. The van der Waals surface area contributed by atoms with E-state index in [2.05, 4.69) is 41.5 Å². The van der Waals surface area contributed by atoms with Crippen LogP contribution in [0.1, 0.15) is 356 Å². The van der Waals surface area contributed by atoms with E-state index in [1.807, 2.05) is 0 Å². The van der Waals surface area contributed by atoms with Crippen LogP contribution >= 0.6 is 0 Å². The monoisotopic (exact) mass is 989 g/mol. The van der Waals surface area contributed by atoms with Gasteiger partial charge in [-0.15, -0.1) is 0 Å². The highest BCUT2D eigenvalue weighted by Crippen LogP contribution is 2.20. The van der Waals surface area contributed by atoms with Crippen LogP contribution in [0.5, 0.6) is 0 Å². The maximum absolute atomic E-state index is 12.9. The molecule has 0 aliphatic rings. The number of unbranched alkanes of at least 4 members (excludes halogenated alkanes) is 38. The van der Waals surface area contributed by atoms with E-state index in [1.54, 1.807) is 0 Å². The predicted octanol–water partition coefficient (Wildman–Crippen LogP) is 21.1. The van der Waals surface area contributed by atoms with E-state index >= 15 is 0 Å². The van der Waals surface area contributed by atoms with Gasteiger partial charge in [0.25, 0.3) is 0 Å². The van der Waals surface area contributed by atoms with Crippen LogP contribution in [0.15, 0.2) is 0 Å². The molecule has 70 heavy (non-hydrogen) atoms. The van der Waals surface area contributed by atoms with Gasteiger partial charge in [-0.25, -0.2) is 0 Å². The van der Waals surface area contributed by atoms with Gasteiger partial charge in [0.05, 0.1) is 0 Å². The normalized spacial score (nSPS) is 12.9. The second-order valence-corrected chi connectivity index (χ2v) is 23.0. The van der Waals surface area contributed by atoms with Crippen molar-refractivity contribution in [3.05, 3.63) is 0 Å². The van der Waals surface area contributed by atoms with Gasteiger partial charge in [-0.2, -0.15) is 0 Å². The Morgan fingerprint density at radius 1 is 0.286 bits per heavy atom. The largest absolute Gasteiger partial charge is 0.462 e. The molecule has 0 aromatic rings. The minimum atomic E-state index is -0.764. The molecular weight excluding hydrogens is 865 g/mol. The summed E-state index contributed by atoms with van der Waals surface area (Å²) < 4.78 is 16.9. The van der Waals surface area contributed by atoms with Gasteiger partial charge >= 0.3 is 17.9 Å². The predicted molar refractivity (Wildman–Crippen MR) is 303 cm³/mol. The first kappa shape index (κ1) is 68.4. The lowest BCUT2D eigenvalue weighted by atomic mass is 9.99. The lowest BCUT2D eigenvalue weighted by Crippen LogP contribution is -2.30. The molecule has 0 saturated heterocycles. The Kier molecular flexibility index (Phi) is 53.9. The summed E-state index contributed by atoms with van der Waals surface area (Å²) in [5, 5.41) is 0. The summed E-state index contributed by atoms with van der Waals surface area (Å²) in [6.45, 7) is 13.8. The molecule has 0 saturated carbocycles. The van der Waals surface area contributed by atoms with Gasteiger partial charge in [0.2, 0.25) is 0 Å². The summed E-state index contributed by atoms with van der Waals surface area (Å²) >= 11 is 0. The highest BCUT2D eigenvalue weighted by molar-refractivity contribution is 5.71. The molecule has 0 heterocycles. The lowest BCUT2D eigenvalue weighted by molar-refractivity contribution is -0.167. The van der Waals surface area contributed by atoms with Crippen LogP contribution in [0.25, 0.3) is 0 Å². The summed E-state index contributed by atoms with van der Waals surface area (Å²) in [7, 11) is 0. The van der Waals surface area contributed by atoms with E-state index in [0.717, 1.165) is 75.5 Å². The van der Waals surface area contributed by atoms with Crippen LogP contribution in [0.4, 0.5) is 0 Å². The molecule has 2 unspecified atom stereocenters. The molecule has 0 amide bonds. The van der Waals surface area contributed by atoms with Gasteiger partial charge in [-0.1, -0.05) is 318 Å². The van der Waals surface area contributed by atoms with E-state index in [9.17, 15) is 14.4 Å². The number of rotatable bonds is 57. The zero-order valence-electron chi connectivity index (χ0n) is 48.3. The first-order valence-corrected chi connectivity index (χ1v) is 31.7. The Morgan fingerprint density at radius 3 is 0.743 bits per heavy atom. The molecule has 0 aromatic heterocycles. The quantitative estimate of drug-likeness (QED) is 0.0343. The molecule has 0 fully saturated rings. The number of hydrogen-bond acceptors (Lipinski definition) is 6. The molecule has 6 heteroatoms. The minimum absolute atomic E-state index is 0.0632. The van der Waals surface area contributed by atoms with Crippen molar-refractivity contribution in [3.63, 3.8) is 0 Å². The highest BCUT2D eigenvalue weighted by Gasteiger charge is 2.19. The third-order valence-electron chi connectivity index (χ3n) is 15.4. The molecule has 0 rings (SSSR count). The van der Waals surface area contributed by atoms with Crippen LogP contribution in [-0.4, -0.2) is 37.2 Å². The van der Waals surface area contributed by atoms with Crippen LogP contribution < -0.4 is 0 Å². The minimum Gasteiger partial charge on any atom is -0.462 e. The number of hydrogen-bond donors (Lipinski definition) is 0. The molecule has 416 valence electrons. The third kappa shape index (κ3) is 54.2. The number of carbonyl (C=O) groups excluding carboxylic acids is 3. The van der Waals surface area contributed by atoms with E-state index in [1.165, 1.54) is 238 Å². The van der Waals surface area contributed by atoms with Crippen LogP contribution in [0.2, 0.25) is 0 Å². The summed E-state index contributed by atoms with van der Waals surface area (Å²) in [5.41, 5.74) is 0. The van der Waals surface area contributed by atoms with Crippen LogP contribution in [0.3, 0.4) is 0 Å². The zero-order chi connectivity index (χ0) is 51.2. The Bertz CT molecular complexity index is 1090. The lowest BCUT2D eigenvalue weighted by Gasteiger charge is -2.18. The van der Waals surface area contributed by atoms with E-state index in [0.29, 0.717) is 19.3 Å². The molecule has 0 aromatic carbocycles. The molecule has 0 bridgehead atoms. The van der Waals surface area contributed by atoms with Gasteiger partial charge in [-0.3, -0.25) is 14.4 Å². The molecule has 0 spiro atoms. The van der Waals surface area contributed by atoms with Gasteiger partial charge in [0, 0.05) is 19.3 Å². The van der Waals surface area contributed by atoms with Crippen molar-refractivity contribution in [2.24, 2.45) is 17.8 Å². The fourth-order valence-electron chi connectivity index (χ4n) is 9.82. The SMILES string of the molecule is CCC(C)CCCCCCCCCCCCCCCCCCCCC(=O)OC[C@@H](COC(=O)CCCCCCCCCCCCCCCCC(C)CC)OC(=O)CCCCCCCCCCCC(C)C. The Labute approximate surface area is 438 Å². The first-order chi connectivity index (χ1) is 34.2. The van der Waals surface area contributed by atoms with Gasteiger partial charge in [0.15, 0.2) is 6.10 Å². The topological polar surface area (TPSA) is 78.9 Å². The maximum atomic E-state index is 12.9. The summed E-state index contributed by atoms with van der Waals surface area (Å²) in [4.78, 5) is 38.2. The van der Waals surface area contributed by atoms with Crippen LogP contribution in [0, 0.1) is 17.8 Å². The second kappa shape index (κ2) is 55.2. The van der Waals surface area contributed by atoms with E-state index < -0.39 is 6.10 Å². The van der Waals surface area contributed by atoms with Crippen LogP contribution in [-0.2, 0) is 28.6 Å². The fraction of sp³-hybridized carbons (Fsp3) is 0.953. The fourth-order valence-corrected chi connectivity index (χ4v) is 9.82. The summed E-state index contributed by atoms with van der Waals surface area (Å²) in [6, 6.07) is 0. The van der Waals surface area contributed by atoms with Crippen molar-refractivity contribution in [2.45, 2.75) is 362 Å². The molecule has 6 nitrogen and oxygen atoms in total. The Balaban J connectivity index is 4.22. The smallest absolute Gasteiger partial charge is 0.306 e. The van der Waals surface area contributed by atoms with Crippen molar-refractivity contribution in [1.29, 1.82) is 0 Å². The Hall–Kier alpha value is -1.59. The summed E-state index contributed by atoms with van der Waals surface area (Å²) in [6.07, 6.45) is 59.5. The number of carbonyl (C=O) groups is 3. The van der Waals surface area contributed by atoms with Crippen molar-refractivity contribution in [1.82, 2.24) is 0 Å². The van der Waals surface area contributed by atoms with E-state index in [4.69, 9.17) is 14.2 Å². The zero-order valence-corrected chi connectivity index (χ0v) is 48.3. The number of ether oxygens (including phenoxy) is 3. The first-order valence-electron chi connectivity index (χ1n) is 31.7. The standard InChI is InChI=1S/C64H124O6/c1-7-59(5)51-45-39-33-27-21-17-13-11-9-10-12-14-19-23-29-35-41-47-53-62(65)68-56-61(70-64(67)55-49-43-37-31-25-26-32-38-44-50-58(3)4)57-69-63(66)54-48-42-36-30-24-20-16-15-18-22-28-34-40-46-52-60(6)8-2/h58-61H,7-57H2,1-6H3/t59?,60?,61-/m0/s1. The Morgan fingerprint density at radius 2 is 0.500 bits per heavy atom. The van der Waals surface area contributed by atoms with Gasteiger partial charge < -0.3 is 14.2 Å². The van der Waals surface area contributed by atoms with Crippen molar-refractivity contribution < 1.29 is 28.6 Å². The highest BCUT2D eigenvalue weighted by atomic mass is 16.6. The van der Waals surface area contributed by atoms with Crippen molar-refractivity contribution in [3.8, 4) is 0 Å². The van der Waals surface area contributed by atoms with Gasteiger partial charge in [-0.05, 0) is 37.0 Å². The molecule has 0 N–H and O–H groups in total. The van der Waals surface area contributed by atoms with Crippen molar-refractivity contribution in [2.75, 3.05) is 13.2 Å². The molecule has 0 radical (unpaired) electrons. The maximum Gasteiger partial charge on any atom is 0.306 e. The van der Waals surface area contributed by atoms with E-state index in [-0.39, 0.29) is 31.1 Å². The van der Waals surface area contributed by atoms with Crippen molar-refractivity contribution >= 4 is 17.9 Å². The summed E-state index contributed by atoms with van der Waals surface area (Å²) in [5.74, 6) is 1.77. The number of esters is 3. The molecule has 3 atom stereocenters. The molecule has 0 aliphatic heterocycles.